The molecular formula is C12H23N5. The third-order valence-corrected chi connectivity index (χ3v) is 3.43. The highest BCUT2D eigenvalue weighted by Gasteiger charge is 2.12. The van der Waals surface area contributed by atoms with E-state index >= 15 is 0 Å². The number of piperazine rings is 1. The molecular weight excluding hydrogens is 214 g/mol. The number of hydrogen-bond acceptors (Lipinski definition) is 4. The predicted molar refractivity (Wildman–Crippen MR) is 68.9 cm³/mol. The highest BCUT2D eigenvalue weighted by Crippen LogP contribution is 1.98. The van der Waals surface area contributed by atoms with Crippen molar-refractivity contribution in [1.82, 2.24) is 24.9 Å². The third-order valence-electron chi connectivity index (χ3n) is 3.43. The molecule has 2 heterocycles. The Balaban J connectivity index is 1.59. The summed E-state index contributed by atoms with van der Waals surface area (Å²) < 4.78 is 1.92. The third kappa shape index (κ3) is 3.80. The number of hydrogen-bond donors (Lipinski definition) is 1. The predicted octanol–water partition coefficient (Wildman–Crippen LogP) is -0.243. The molecule has 96 valence electrons. The Bertz CT molecular complexity index is 327. The number of aryl methyl sites for hydroxylation is 1. The summed E-state index contributed by atoms with van der Waals surface area (Å²) in [6.07, 6.45) is 1.84. The van der Waals surface area contributed by atoms with Gasteiger partial charge in [-0.3, -0.25) is 9.58 Å². The van der Waals surface area contributed by atoms with Gasteiger partial charge in [-0.2, -0.15) is 5.10 Å². The van der Waals surface area contributed by atoms with E-state index in [1.165, 1.54) is 31.9 Å². The van der Waals surface area contributed by atoms with Crippen LogP contribution in [-0.4, -0.2) is 65.9 Å². The molecule has 5 heteroatoms. The molecule has 1 aromatic heterocycles. The monoisotopic (exact) mass is 237 g/mol. The van der Waals surface area contributed by atoms with Crippen LogP contribution in [0, 0.1) is 0 Å². The van der Waals surface area contributed by atoms with E-state index in [1.54, 1.807) is 0 Å². The smallest absolute Gasteiger partial charge is 0.0518 e. The molecule has 0 aromatic carbocycles. The molecule has 1 fully saturated rings. The highest BCUT2D eigenvalue weighted by molar-refractivity contribution is 4.99. The lowest BCUT2D eigenvalue weighted by Crippen LogP contribution is -2.46. The van der Waals surface area contributed by atoms with Crippen molar-refractivity contribution in [2.45, 2.75) is 6.54 Å². The van der Waals surface area contributed by atoms with Crippen molar-refractivity contribution in [1.29, 1.82) is 0 Å². The van der Waals surface area contributed by atoms with Crippen molar-refractivity contribution in [3.8, 4) is 0 Å². The van der Waals surface area contributed by atoms with Crippen LogP contribution in [-0.2, 0) is 13.6 Å². The van der Waals surface area contributed by atoms with E-state index in [-0.39, 0.29) is 0 Å². The number of rotatable bonds is 5. The quantitative estimate of drug-likeness (QED) is 0.717. The summed E-state index contributed by atoms with van der Waals surface area (Å²) in [6, 6.07) is 2.06. The van der Waals surface area contributed by atoms with E-state index in [0.29, 0.717) is 0 Å². The molecule has 1 saturated heterocycles. The van der Waals surface area contributed by atoms with E-state index in [0.717, 1.165) is 19.6 Å². The maximum Gasteiger partial charge on any atom is 0.0518 e. The van der Waals surface area contributed by atoms with Gasteiger partial charge in [-0.1, -0.05) is 0 Å². The Hall–Kier alpha value is -0.910. The Morgan fingerprint density at radius 3 is 2.65 bits per heavy atom. The van der Waals surface area contributed by atoms with Crippen LogP contribution in [0.25, 0.3) is 0 Å². The molecule has 1 N–H and O–H groups in total. The van der Waals surface area contributed by atoms with E-state index in [1.807, 2.05) is 17.9 Å². The number of likely N-dealkylation sites (N-methyl/N-ethyl adjacent to an activating group) is 1. The van der Waals surface area contributed by atoms with Gasteiger partial charge in [-0.05, 0) is 13.1 Å². The molecule has 0 spiro atoms. The summed E-state index contributed by atoms with van der Waals surface area (Å²) in [4.78, 5) is 4.91. The van der Waals surface area contributed by atoms with E-state index < -0.39 is 0 Å². The first kappa shape index (κ1) is 12.5. The molecule has 0 atom stereocenters. The van der Waals surface area contributed by atoms with Gasteiger partial charge in [-0.25, -0.2) is 0 Å². The standard InChI is InChI=1S/C12H23N5/c1-15-7-9-17(10-8-15)6-5-13-11-12-3-4-14-16(12)2/h3-4,13H,5-11H2,1-2H3. The Morgan fingerprint density at radius 2 is 2.00 bits per heavy atom. The first-order valence-corrected chi connectivity index (χ1v) is 6.34. The highest BCUT2D eigenvalue weighted by atomic mass is 15.3. The molecule has 5 nitrogen and oxygen atoms in total. The number of aromatic nitrogens is 2. The van der Waals surface area contributed by atoms with Crippen molar-refractivity contribution in [2.24, 2.45) is 7.05 Å². The first-order valence-electron chi connectivity index (χ1n) is 6.34. The van der Waals surface area contributed by atoms with Gasteiger partial charge in [-0.15, -0.1) is 0 Å². The SMILES string of the molecule is CN1CCN(CCNCc2ccnn2C)CC1. The second kappa shape index (κ2) is 6.14. The van der Waals surface area contributed by atoms with Gasteiger partial charge in [0.2, 0.25) is 0 Å². The molecule has 0 unspecified atom stereocenters. The summed E-state index contributed by atoms with van der Waals surface area (Å²) in [7, 11) is 4.18. The zero-order valence-corrected chi connectivity index (χ0v) is 10.9. The van der Waals surface area contributed by atoms with Crippen LogP contribution in [0.3, 0.4) is 0 Å². The van der Waals surface area contributed by atoms with Crippen molar-refractivity contribution in [3.63, 3.8) is 0 Å². The average Bonchev–Trinajstić information content (AvgIpc) is 2.73. The van der Waals surface area contributed by atoms with Crippen LogP contribution in [0.2, 0.25) is 0 Å². The molecule has 0 aliphatic carbocycles. The molecule has 0 bridgehead atoms. The first-order chi connectivity index (χ1) is 8.25. The van der Waals surface area contributed by atoms with Crippen LogP contribution in [0.4, 0.5) is 0 Å². The van der Waals surface area contributed by atoms with Gasteiger partial charge in [0.05, 0.1) is 5.69 Å². The second-order valence-corrected chi connectivity index (χ2v) is 4.77. The topological polar surface area (TPSA) is 36.3 Å². The van der Waals surface area contributed by atoms with Gasteiger partial charge in [0.15, 0.2) is 0 Å². The fourth-order valence-electron chi connectivity index (χ4n) is 2.10. The molecule has 1 aromatic rings. The zero-order valence-electron chi connectivity index (χ0n) is 10.9. The molecule has 17 heavy (non-hydrogen) atoms. The van der Waals surface area contributed by atoms with Crippen molar-refractivity contribution >= 4 is 0 Å². The normalized spacial score (nSPS) is 18.7. The van der Waals surface area contributed by atoms with Crippen LogP contribution in [0.15, 0.2) is 12.3 Å². The summed E-state index contributed by atoms with van der Waals surface area (Å²) >= 11 is 0. The maximum atomic E-state index is 4.15. The minimum absolute atomic E-state index is 0.907. The van der Waals surface area contributed by atoms with Crippen LogP contribution in [0.5, 0.6) is 0 Å². The number of nitrogens with one attached hydrogen (secondary N) is 1. The molecule has 2 rings (SSSR count). The van der Waals surface area contributed by atoms with Gasteiger partial charge in [0.1, 0.15) is 0 Å². The van der Waals surface area contributed by atoms with Gasteiger partial charge in [0.25, 0.3) is 0 Å². The number of nitrogens with zero attached hydrogens (tertiary/aromatic N) is 4. The summed E-state index contributed by atoms with van der Waals surface area (Å²) in [5.41, 5.74) is 1.24. The largest absolute Gasteiger partial charge is 0.310 e. The second-order valence-electron chi connectivity index (χ2n) is 4.77. The summed E-state index contributed by atoms with van der Waals surface area (Å²) in [5.74, 6) is 0. The lowest BCUT2D eigenvalue weighted by atomic mass is 10.3. The fourth-order valence-corrected chi connectivity index (χ4v) is 2.10. The van der Waals surface area contributed by atoms with Crippen molar-refractivity contribution < 1.29 is 0 Å². The minimum atomic E-state index is 0.907. The molecule has 0 amide bonds. The Morgan fingerprint density at radius 1 is 1.24 bits per heavy atom. The van der Waals surface area contributed by atoms with Crippen molar-refractivity contribution in [3.05, 3.63) is 18.0 Å². The van der Waals surface area contributed by atoms with E-state index in [2.05, 4.69) is 33.3 Å². The van der Waals surface area contributed by atoms with Gasteiger partial charge < -0.3 is 10.2 Å². The van der Waals surface area contributed by atoms with Crippen LogP contribution in [0.1, 0.15) is 5.69 Å². The summed E-state index contributed by atoms with van der Waals surface area (Å²) in [6.45, 7) is 7.89. The lowest BCUT2D eigenvalue weighted by molar-refractivity contribution is 0.154. The van der Waals surface area contributed by atoms with Crippen molar-refractivity contribution in [2.75, 3.05) is 46.3 Å². The van der Waals surface area contributed by atoms with Crippen LogP contribution < -0.4 is 5.32 Å². The van der Waals surface area contributed by atoms with E-state index in [4.69, 9.17) is 0 Å². The van der Waals surface area contributed by atoms with Gasteiger partial charge >= 0.3 is 0 Å². The Labute approximate surface area is 103 Å². The summed E-state index contributed by atoms with van der Waals surface area (Å²) in [5, 5.41) is 7.63. The average molecular weight is 237 g/mol. The lowest BCUT2D eigenvalue weighted by Gasteiger charge is -2.32. The van der Waals surface area contributed by atoms with E-state index in [9.17, 15) is 0 Å². The fraction of sp³-hybridized carbons (Fsp3) is 0.750. The molecule has 1 aliphatic rings. The van der Waals surface area contributed by atoms with Crippen LogP contribution >= 0.6 is 0 Å². The molecule has 0 radical (unpaired) electrons. The molecule has 0 saturated carbocycles. The molecule has 1 aliphatic heterocycles. The zero-order chi connectivity index (χ0) is 12.1. The maximum absolute atomic E-state index is 4.15. The van der Waals surface area contributed by atoms with Gasteiger partial charge in [0, 0.05) is 59.1 Å². The minimum Gasteiger partial charge on any atom is -0.310 e. The Kier molecular flexibility index (Phi) is 4.53.